The predicted octanol–water partition coefficient (Wildman–Crippen LogP) is 0.649. The lowest BCUT2D eigenvalue weighted by Gasteiger charge is -2.11. The van der Waals surface area contributed by atoms with Gasteiger partial charge in [0.15, 0.2) is 0 Å². The third-order valence-electron chi connectivity index (χ3n) is 2.54. The number of halogens is 1. The summed E-state index contributed by atoms with van der Waals surface area (Å²) >= 11 is 0. The normalized spacial score (nSPS) is 11.3. The van der Waals surface area contributed by atoms with Crippen molar-refractivity contribution in [1.29, 1.82) is 0 Å². The summed E-state index contributed by atoms with van der Waals surface area (Å²) in [7, 11) is 1.54. The van der Waals surface area contributed by atoms with Crippen molar-refractivity contribution in [2.24, 2.45) is 5.73 Å². The summed E-state index contributed by atoms with van der Waals surface area (Å²) < 4.78 is 4.81. The van der Waals surface area contributed by atoms with Gasteiger partial charge in [0.1, 0.15) is 0 Å². The number of methoxy groups -OCH3 is 1. The first-order chi connectivity index (χ1) is 9.04. The lowest BCUT2D eigenvalue weighted by atomic mass is 10.1. The van der Waals surface area contributed by atoms with E-state index < -0.39 is 11.0 Å². The largest absolute Gasteiger partial charge is 0.383 e. The zero-order chi connectivity index (χ0) is 14.3. The molecule has 0 fully saturated rings. The number of rotatable bonds is 7. The van der Waals surface area contributed by atoms with E-state index in [1.54, 1.807) is 19.2 Å². The summed E-state index contributed by atoms with van der Waals surface area (Å²) in [6.45, 7) is 0.833. The number of ether oxygens (including phenoxy) is 1. The van der Waals surface area contributed by atoms with Crippen LogP contribution >= 0.6 is 12.4 Å². The number of hydrogen-bond acceptors (Lipinski definition) is 5. The van der Waals surface area contributed by atoms with Crippen molar-refractivity contribution >= 4 is 24.0 Å². The predicted molar refractivity (Wildman–Crippen MR) is 76.9 cm³/mol. The van der Waals surface area contributed by atoms with E-state index in [-0.39, 0.29) is 24.0 Å². The van der Waals surface area contributed by atoms with Crippen LogP contribution in [0.5, 0.6) is 0 Å². The second-order valence-electron chi connectivity index (χ2n) is 4.02. The molecule has 0 saturated carbocycles. The molecule has 0 aliphatic heterocycles. The summed E-state index contributed by atoms with van der Waals surface area (Å²) in [5, 5.41) is 13.1. The number of carbonyl (C=O) groups excluding carboxylic acids is 1. The third kappa shape index (κ3) is 5.96. The Labute approximate surface area is 123 Å². The molecule has 1 amide bonds. The fourth-order valence-corrected chi connectivity index (χ4v) is 1.51. The monoisotopic (exact) mass is 303 g/mol. The van der Waals surface area contributed by atoms with Gasteiger partial charge in [-0.3, -0.25) is 14.9 Å². The molecule has 3 N–H and O–H groups in total. The minimum atomic E-state index is -0.682. The van der Waals surface area contributed by atoms with Gasteiger partial charge in [-0.15, -0.1) is 12.4 Å². The van der Waals surface area contributed by atoms with Gasteiger partial charge in [-0.1, -0.05) is 12.1 Å². The number of benzene rings is 1. The highest BCUT2D eigenvalue weighted by atomic mass is 35.5. The second-order valence-corrected chi connectivity index (χ2v) is 4.02. The molecule has 1 rings (SSSR count). The first-order valence-electron chi connectivity index (χ1n) is 5.80. The van der Waals surface area contributed by atoms with E-state index in [0.29, 0.717) is 19.6 Å². The molecule has 20 heavy (non-hydrogen) atoms. The molecule has 1 aromatic carbocycles. The second kappa shape index (κ2) is 9.24. The summed E-state index contributed by atoms with van der Waals surface area (Å²) in [6.07, 6.45) is 0.330. The van der Waals surface area contributed by atoms with Crippen molar-refractivity contribution in [3.8, 4) is 0 Å². The van der Waals surface area contributed by atoms with Gasteiger partial charge in [0.05, 0.1) is 17.6 Å². The molecule has 1 atom stereocenters. The Morgan fingerprint density at radius 3 is 2.55 bits per heavy atom. The van der Waals surface area contributed by atoms with Gasteiger partial charge in [-0.25, -0.2) is 0 Å². The Hall–Kier alpha value is -1.70. The lowest BCUT2D eigenvalue weighted by molar-refractivity contribution is -0.384. The Balaban J connectivity index is 0.00000361. The van der Waals surface area contributed by atoms with E-state index in [4.69, 9.17) is 10.5 Å². The van der Waals surface area contributed by atoms with Crippen molar-refractivity contribution in [3.63, 3.8) is 0 Å². The standard InChI is InChI=1S/C12H17N3O4.ClH/c1-19-7-6-14-12(16)11(13)8-9-2-4-10(5-3-9)15(17)18;/h2-5,11H,6-8,13H2,1H3,(H,14,16);1H/t11-;/m0./s1. The van der Waals surface area contributed by atoms with Crippen LogP contribution < -0.4 is 11.1 Å². The molecule has 0 unspecified atom stereocenters. The highest BCUT2D eigenvalue weighted by Crippen LogP contribution is 2.12. The van der Waals surface area contributed by atoms with Crippen LogP contribution in [0.3, 0.4) is 0 Å². The van der Waals surface area contributed by atoms with Gasteiger partial charge in [-0.05, 0) is 12.0 Å². The van der Waals surface area contributed by atoms with Gasteiger partial charge in [-0.2, -0.15) is 0 Å². The van der Waals surface area contributed by atoms with Crippen LogP contribution in [-0.2, 0) is 16.0 Å². The summed E-state index contributed by atoms with van der Waals surface area (Å²) in [5.41, 5.74) is 6.54. The molecule has 112 valence electrons. The van der Waals surface area contributed by atoms with Gasteiger partial charge >= 0.3 is 0 Å². The number of nitro groups is 1. The Kier molecular flexibility index (Phi) is 8.46. The van der Waals surface area contributed by atoms with Crippen molar-refractivity contribution in [2.45, 2.75) is 12.5 Å². The molecule has 0 radical (unpaired) electrons. The number of nitrogens with zero attached hydrogens (tertiary/aromatic N) is 1. The van der Waals surface area contributed by atoms with Crippen LogP contribution in [0.2, 0.25) is 0 Å². The maximum absolute atomic E-state index is 11.6. The van der Waals surface area contributed by atoms with E-state index in [1.807, 2.05) is 0 Å². The van der Waals surface area contributed by atoms with Crippen LogP contribution in [0.15, 0.2) is 24.3 Å². The Morgan fingerprint density at radius 2 is 2.05 bits per heavy atom. The van der Waals surface area contributed by atoms with E-state index >= 15 is 0 Å². The molecule has 0 aromatic heterocycles. The fourth-order valence-electron chi connectivity index (χ4n) is 1.51. The van der Waals surface area contributed by atoms with Crippen molar-refractivity contribution in [1.82, 2.24) is 5.32 Å². The van der Waals surface area contributed by atoms with E-state index in [9.17, 15) is 14.9 Å². The number of amides is 1. The summed E-state index contributed by atoms with van der Waals surface area (Å²) in [5.74, 6) is -0.268. The van der Waals surface area contributed by atoms with E-state index in [1.165, 1.54) is 12.1 Å². The maximum Gasteiger partial charge on any atom is 0.269 e. The number of carbonyl (C=O) groups is 1. The van der Waals surface area contributed by atoms with Crippen LogP contribution in [0.4, 0.5) is 5.69 Å². The maximum atomic E-state index is 11.6. The van der Waals surface area contributed by atoms with Gasteiger partial charge < -0.3 is 15.8 Å². The zero-order valence-corrected chi connectivity index (χ0v) is 11.9. The summed E-state index contributed by atoms with van der Waals surface area (Å²) in [4.78, 5) is 21.6. The quantitative estimate of drug-likeness (QED) is 0.437. The molecule has 0 saturated heterocycles. The Bertz CT molecular complexity index is 439. The van der Waals surface area contributed by atoms with Crippen LogP contribution in [0, 0.1) is 10.1 Å². The van der Waals surface area contributed by atoms with Crippen LogP contribution in [-0.4, -0.2) is 37.1 Å². The van der Waals surface area contributed by atoms with Crippen molar-refractivity contribution in [3.05, 3.63) is 39.9 Å². The highest BCUT2D eigenvalue weighted by Gasteiger charge is 2.14. The molecule has 0 bridgehead atoms. The number of nitrogens with two attached hydrogens (primary N) is 1. The van der Waals surface area contributed by atoms with Gasteiger partial charge in [0.2, 0.25) is 5.91 Å². The molecular formula is C12H18ClN3O4. The van der Waals surface area contributed by atoms with Gasteiger partial charge in [0, 0.05) is 25.8 Å². The third-order valence-corrected chi connectivity index (χ3v) is 2.54. The first-order valence-corrected chi connectivity index (χ1v) is 5.80. The fraction of sp³-hybridized carbons (Fsp3) is 0.417. The molecule has 8 heteroatoms. The average molecular weight is 304 g/mol. The number of nitro benzene ring substituents is 1. The first kappa shape index (κ1) is 18.3. The van der Waals surface area contributed by atoms with Crippen molar-refractivity contribution in [2.75, 3.05) is 20.3 Å². The average Bonchev–Trinajstić information content (AvgIpc) is 2.39. The van der Waals surface area contributed by atoms with Gasteiger partial charge in [0.25, 0.3) is 5.69 Å². The number of non-ortho nitro benzene ring substituents is 1. The topological polar surface area (TPSA) is 107 Å². The molecule has 0 spiro atoms. The minimum Gasteiger partial charge on any atom is -0.383 e. The Morgan fingerprint density at radius 1 is 1.45 bits per heavy atom. The molecule has 0 aliphatic rings. The van der Waals surface area contributed by atoms with E-state index in [0.717, 1.165) is 5.56 Å². The molecule has 0 aliphatic carbocycles. The molecule has 7 nitrogen and oxygen atoms in total. The smallest absolute Gasteiger partial charge is 0.269 e. The van der Waals surface area contributed by atoms with E-state index in [2.05, 4.69) is 5.32 Å². The zero-order valence-electron chi connectivity index (χ0n) is 11.1. The molecule has 1 aromatic rings. The minimum absolute atomic E-state index is 0. The molecular weight excluding hydrogens is 286 g/mol. The molecule has 0 heterocycles. The highest BCUT2D eigenvalue weighted by molar-refractivity contribution is 5.85. The lowest BCUT2D eigenvalue weighted by Crippen LogP contribution is -2.43. The summed E-state index contributed by atoms with van der Waals surface area (Å²) in [6, 6.07) is 5.30. The SMILES string of the molecule is COCCNC(=O)[C@@H](N)Cc1ccc([N+](=O)[O-])cc1.Cl. The van der Waals surface area contributed by atoms with Crippen LogP contribution in [0.1, 0.15) is 5.56 Å². The number of nitrogens with one attached hydrogen (secondary N) is 1. The van der Waals surface area contributed by atoms with Crippen LogP contribution in [0.25, 0.3) is 0 Å². The van der Waals surface area contributed by atoms with Crippen molar-refractivity contribution < 1.29 is 14.5 Å². The number of hydrogen-bond donors (Lipinski definition) is 2.